The number of para-hydroxylation sites is 1. The fourth-order valence-electron chi connectivity index (χ4n) is 4.02. The molecule has 5 rings (SSSR count). The van der Waals surface area contributed by atoms with Gasteiger partial charge in [-0.3, -0.25) is 9.48 Å². The normalized spacial score (nSPS) is 13.3. The number of aromatic nitrogens is 2. The summed E-state index contributed by atoms with van der Waals surface area (Å²) in [5, 5.41) is 28.7. The molecule has 1 aliphatic heterocycles. The summed E-state index contributed by atoms with van der Waals surface area (Å²) >= 11 is 6.54. The molecule has 4 aromatic rings. The summed E-state index contributed by atoms with van der Waals surface area (Å²) in [6, 6.07) is 19.5. The molecule has 1 aliphatic rings. The number of nitrogens with one attached hydrogen (secondary N) is 1. The molecule has 0 saturated carbocycles. The van der Waals surface area contributed by atoms with Crippen molar-refractivity contribution < 1.29 is 49.4 Å². The van der Waals surface area contributed by atoms with Gasteiger partial charge in [-0.15, -0.1) is 0 Å². The van der Waals surface area contributed by atoms with Crippen LogP contribution in [0.4, 0.5) is 5.69 Å². The van der Waals surface area contributed by atoms with Crippen molar-refractivity contribution in [1.82, 2.24) is 9.78 Å². The van der Waals surface area contributed by atoms with Crippen LogP contribution in [0.25, 0.3) is 33.9 Å². The molecule has 0 unspecified atom stereocenters. The van der Waals surface area contributed by atoms with Gasteiger partial charge in [0.1, 0.15) is 5.75 Å². The van der Waals surface area contributed by atoms with E-state index >= 15 is 0 Å². The number of aromatic carboxylic acids is 1. The maximum Gasteiger partial charge on any atom is 1.00 e. The Hall–Kier alpha value is -3.36. The predicted molar refractivity (Wildman–Crippen MR) is 128 cm³/mol. The van der Waals surface area contributed by atoms with Gasteiger partial charge in [0.25, 0.3) is 5.91 Å². The number of carboxylic acid groups (broad SMARTS) is 1. The Morgan fingerprint density at radius 1 is 1.03 bits per heavy atom. The number of rotatable bonds is 4. The zero-order valence-electron chi connectivity index (χ0n) is 18.9. The molecule has 35 heavy (non-hydrogen) atoms. The fourth-order valence-corrected chi connectivity index (χ4v) is 4.29. The van der Waals surface area contributed by atoms with Gasteiger partial charge in [0.2, 0.25) is 0 Å². The van der Waals surface area contributed by atoms with Gasteiger partial charge >= 0.3 is 29.6 Å². The average Bonchev–Trinajstić information content (AvgIpc) is 3.32. The number of amides is 1. The zero-order chi connectivity index (χ0) is 24.0. The topological polar surface area (TPSA) is 107 Å². The number of nitrogens with zero attached hydrogens (tertiary/aromatic N) is 2. The molecule has 3 aromatic carbocycles. The number of phenolic OH excluding ortho intramolecular Hbond substituents is 1. The minimum atomic E-state index is -1.35. The van der Waals surface area contributed by atoms with Gasteiger partial charge in [0.05, 0.1) is 33.6 Å². The molecule has 0 atom stereocenters. The molecule has 1 aromatic heterocycles. The first-order valence-corrected chi connectivity index (χ1v) is 10.7. The molecule has 0 bridgehead atoms. The van der Waals surface area contributed by atoms with E-state index in [2.05, 4.69) is 10.4 Å². The quantitative estimate of drug-likeness (QED) is 0.325. The Bertz CT molecular complexity index is 1510. The summed E-state index contributed by atoms with van der Waals surface area (Å²) < 4.78 is 1.19. The smallest absolute Gasteiger partial charge is 0.543 e. The Kier molecular flexibility index (Phi) is 6.87. The van der Waals surface area contributed by atoms with E-state index in [0.717, 1.165) is 22.3 Å². The average molecular weight is 494 g/mol. The number of benzene rings is 3. The van der Waals surface area contributed by atoms with Crippen LogP contribution < -0.4 is 40.0 Å². The van der Waals surface area contributed by atoms with Gasteiger partial charge in [-0.1, -0.05) is 54.1 Å². The van der Waals surface area contributed by atoms with Crippen LogP contribution in [0.1, 0.15) is 21.7 Å². The number of fused-ring (bicyclic) bond motifs is 1. The van der Waals surface area contributed by atoms with Crippen LogP contribution in [-0.4, -0.2) is 26.8 Å². The molecular weight excluding hydrogens is 477 g/mol. The van der Waals surface area contributed by atoms with Gasteiger partial charge in [-0.05, 0) is 41.5 Å². The molecule has 0 radical (unpaired) electrons. The van der Waals surface area contributed by atoms with Crippen LogP contribution in [0.2, 0.25) is 5.02 Å². The first-order valence-electron chi connectivity index (χ1n) is 10.3. The summed E-state index contributed by atoms with van der Waals surface area (Å²) in [4.78, 5) is 23.9. The molecule has 0 saturated heterocycles. The van der Waals surface area contributed by atoms with Gasteiger partial charge in [-0.2, -0.15) is 5.10 Å². The summed E-state index contributed by atoms with van der Waals surface area (Å²) in [5.41, 5.74) is 4.92. The number of aromatic hydroxyl groups is 1. The number of anilines is 1. The van der Waals surface area contributed by atoms with Gasteiger partial charge in [0.15, 0.2) is 0 Å². The Morgan fingerprint density at radius 2 is 1.69 bits per heavy atom. The number of phenols is 1. The van der Waals surface area contributed by atoms with Crippen molar-refractivity contribution in [3.63, 3.8) is 0 Å². The van der Waals surface area contributed by atoms with Crippen molar-refractivity contribution in [2.75, 3.05) is 5.32 Å². The van der Waals surface area contributed by atoms with Crippen LogP contribution in [0.3, 0.4) is 0 Å². The standard InChI is InChI=1S/C26H18ClN3O4.Na/c1-30-23(26(33)34)11-16(29-30)10-20-19-12-18(21(27)13-22(19)28-25(20)32)15-8-6-14(7-9-15)17-4-2-3-5-24(17)31;/h2-13,31H,1H3,(H,28,32)(H,33,34);/q;+1/p-1/b20-10+;. The molecule has 2 heterocycles. The van der Waals surface area contributed by atoms with Crippen molar-refractivity contribution in [1.29, 1.82) is 0 Å². The number of hydrogen-bond donors (Lipinski definition) is 2. The molecule has 7 nitrogen and oxygen atoms in total. The van der Waals surface area contributed by atoms with Gasteiger partial charge in [0, 0.05) is 23.7 Å². The molecule has 9 heteroatoms. The summed E-state index contributed by atoms with van der Waals surface area (Å²) in [6.45, 7) is 0. The number of halogens is 1. The van der Waals surface area contributed by atoms with Crippen LogP contribution in [0, 0.1) is 0 Å². The van der Waals surface area contributed by atoms with E-state index in [0.29, 0.717) is 27.5 Å². The second kappa shape index (κ2) is 9.71. The molecule has 168 valence electrons. The van der Waals surface area contributed by atoms with Crippen molar-refractivity contribution in [3.8, 4) is 28.0 Å². The maximum atomic E-state index is 12.6. The van der Waals surface area contributed by atoms with Crippen LogP contribution in [0.15, 0.2) is 66.7 Å². The first kappa shape index (κ1) is 24.8. The summed E-state index contributed by atoms with van der Waals surface area (Å²) in [7, 11) is 1.49. The predicted octanol–water partition coefficient (Wildman–Crippen LogP) is 0.973. The van der Waals surface area contributed by atoms with Gasteiger partial charge in [-0.25, -0.2) is 0 Å². The number of carbonyl (C=O) groups is 2. The van der Waals surface area contributed by atoms with Crippen molar-refractivity contribution >= 4 is 40.8 Å². The second-order valence-electron chi connectivity index (χ2n) is 7.85. The minimum Gasteiger partial charge on any atom is -0.543 e. The number of carboxylic acids is 1. The van der Waals surface area contributed by atoms with E-state index in [1.165, 1.54) is 23.9 Å². The third-order valence-electron chi connectivity index (χ3n) is 5.70. The van der Waals surface area contributed by atoms with E-state index in [9.17, 15) is 19.8 Å². The van der Waals surface area contributed by atoms with E-state index in [-0.39, 0.29) is 46.9 Å². The molecular formula is C26H17ClN3NaO4. The van der Waals surface area contributed by atoms with E-state index in [4.69, 9.17) is 11.6 Å². The van der Waals surface area contributed by atoms with Crippen LogP contribution in [-0.2, 0) is 11.8 Å². The Labute approximate surface area is 228 Å². The largest absolute Gasteiger partial charge is 1.00 e. The number of carbonyl (C=O) groups excluding carboxylic acids is 2. The monoisotopic (exact) mass is 493 g/mol. The minimum absolute atomic E-state index is 0. The van der Waals surface area contributed by atoms with Gasteiger partial charge < -0.3 is 20.3 Å². The number of aryl methyl sites for hydroxylation is 1. The van der Waals surface area contributed by atoms with Crippen molar-refractivity contribution in [2.24, 2.45) is 7.05 Å². The van der Waals surface area contributed by atoms with E-state index in [1.54, 1.807) is 18.2 Å². The van der Waals surface area contributed by atoms with Crippen LogP contribution in [0.5, 0.6) is 5.75 Å². The zero-order valence-corrected chi connectivity index (χ0v) is 21.6. The number of hydrogen-bond acceptors (Lipinski definition) is 5. The first-order chi connectivity index (χ1) is 16.3. The molecule has 0 spiro atoms. The Balaban J connectivity index is 0.00000289. The Morgan fingerprint density at radius 3 is 2.31 bits per heavy atom. The van der Waals surface area contributed by atoms with E-state index in [1.807, 2.05) is 42.5 Å². The molecule has 1 amide bonds. The second-order valence-corrected chi connectivity index (χ2v) is 8.26. The summed E-state index contributed by atoms with van der Waals surface area (Å²) in [6.07, 6.45) is 1.53. The van der Waals surface area contributed by atoms with Crippen LogP contribution >= 0.6 is 11.6 Å². The fraction of sp³-hybridized carbons (Fsp3) is 0.0385. The molecule has 0 aliphatic carbocycles. The van der Waals surface area contributed by atoms with Crippen molar-refractivity contribution in [3.05, 3.63) is 88.7 Å². The third kappa shape index (κ3) is 4.63. The SMILES string of the molecule is Cn1nc(/C=C2/C(=O)Nc3cc(Cl)c(-c4ccc(-c5ccccc5O)cc4)cc32)cc1C(=O)[O-].[Na+]. The molecule has 0 fully saturated rings. The molecule has 2 N–H and O–H groups in total. The third-order valence-corrected chi connectivity index (χ3v) is 6.01. The van der Waals surface area contributed by atoms with Crippen molar-refractivity contribution in [2.45, 2.75) is 0 Å². The maximum absolute atomic E-state index is 12.6. The summed E-state index contributed by atoms with van der Waals surface area (Å²) in [5.74, 6) is -1.49. The van der Waals surface area contributed by atoms with E-state index < -0.39 is 5.97 Å².